The molecular weight excluding hydrogens is 254 g/mol. The van der Waals surface area contributed by atoms with Gasteiger partial charge in [-0.05, 0) is 18.9 Å². The lowest BCUT2D eigenvalue weighted by molar-refractivity contribution is 0.0302. The second-order valence-electron chi connectivity index (χ2n) is 5.46. The van der Waals surface area contributed by atoms with Gasteiger partial charge < -0.3 is 19.5 Å². The largest absolute Gasteiger partial charge is 0.454 e. The fraction of sp³-hybridized carbons (Fsp3) is 0.625. The maximum absolute atomic E-state index is 5.90. The fourth-order valence-electron chi connectivity index (χ4n) is 2.88. The van der Waals surface area contributed by atoms with E-state index < -0.39 is 0 Å². The summed E-state index contributed by atoms with van der Waals surface area (Å²) in [5.74, 6) is 1.73. The number of hydrogen-bond donors (Lipinski definition) is 1. The standard InChI is InChI=1S/C16H23NO3/c1-2-6-14(7-3-1)18-10-9-17-11-13-5-4-8-15-16(13)20-12-19-15/h4-5,8,14,17H,1-3,6-7,9-12H2. The predicted molar refractivity (Wildman–Crippen MR) is 77.1 cm³/mol. The quantitative estimate of drug-likeness (QED) is 0.812. The van der Waals surface area contributed by atoms with Crippen molar-refractivity contribution in [3.05, 3.63) is 23.8 Å². The van der Waals surface area contributed by atoms with E-state index in [9.17, 15) is 0 Å². The van der Waals surface area contributed by atoms with Crippen molar-refractivity contribution in [1.82, 2.24) is 5.32 Å². The summed E-state index contributed by atoms with van der Waals surface area (Å²) in [4.78, 5) is 0. The Kier molecular flexibility index (Phi) is 4.77. The molecule has 1 heterocycles. The zero-order valence-corrected chi connectivity index (χ0v) is 11.9. The molecule has 0 bridgehead atoms. The average Bonchev–Trinajstić information content (AvgIpc) is 2.97. The van der Waals surface area contributed by atoms with E-state index >= 15 is 0 Å². The van der Waals surface area contributed by atoms with Gasteiger partial charge in [-0.15, -0.1) is 0 Å². The molecule has 0 saturated heterocycles. The van der Waals surface area contributed by atoms with E-state index in [1.807, 2.05) is 12.1 Å². The van der Waals surface area contributed by atoms with E-state index in [1.165, 1.54) is 32.1 Å². The summed E-state index contributed by atoms with van der Waals surface area (Å²) < 4.78 is 16.8. The topological polar surface area (TPSA) is 39.7 Å². The number of nitrogens with one attached hydrogen (secondary N) is 1. The molecule has 1 aliphatic heterocycles. The van der Waals surface area contributed by atoms with Crippen LogP contribution in [0.3, 0.4) is 0 Å². The van der Waals surface area contributed by atoms with E-state index in [1.54, 1.807) is 0 Å². The van der Waals surface area contributed by atoms with E-state index in [2.05, 4.69) is 11.4 Å². The zero-order valence-electron chi connectivity index (χ0n) is 11.9. The molecule has 0 spiro atoms. The molecule has 0 aromatic heterocycles. The maximum atomic E-state index is 5.90. The van der Waals surface area contributed by atoms with Gasteiger partial charge in [0, 0.05) is 18.7 Å². The Bertz CT molecular complexity index is 430. The molecule has 1 aromatic carbocycles. The van der Waals surface area contributed by atoms with Gasteiger partial charge in [0.25, 0.3) is 0 Å². The summed E-state index contributed by atoms with van der Waals surface area (Å²) in [6, 6.07) is 6.02. The minimum absolute atomic E-state index is 0.330. The van der Waals surface area contributed by atoms with Crippen molar-refractivity contribution in [2.75, 3.05) is 19.9 Å². The Hall–Kier alpha value is -1.26. The highest BCUT2D eigenvalue weighted by Gasteiger charge is 2.16. The van der Waals surface area contributed by atoms with Crippen molar-refractivity contribution in [1.29, 1.82) is 0 Å². The first-order valence-corrected chi connectivity index (χ1v) is 7.63. The van der Waals surface area contributed by atoms with Crippen molar-refractivity contribution in [2.24, 2.45) is 0 Å². The van der Waals surface area contributed by atoms with Crippen LogP contribution in [-0.4, -0.2) is 26.0 Å². The minimum atomic E-state index is 0.330. The first kappa shape index (κ1) is 13.7. The molecule has 0 unspecified atom stereocenters. The molecule has 20 heavy (non-hydrogen) atoms. The van der Waals surface area contributed by atoms with Gasteiger partial charge in [0.05, 0.1) is 12.7 Å². The fourth-order valence-corrected chi connectivity index (χ4v) is 2.88. The van der Waals surface area contributed by atoms with Crippen LogP contribution < -0.4 is 14.8 Å². The van der Waals surface area contributed by atoms with Gasteiger partial charge in [-0.2, -0.15) is 0 Å². The number of fused-ring (bicyclic) bond motifs is 1. The number of hydrogen-bond acceptors (Lipinski definition) is 4. The minimum Gasteiger partial charge on any atom is -0.454 e. The Balaban J connectivity index is 1.37. The van der Waals surface area contributed by atoms with Crippen LogP contribution in [0.25, 0.3) is 0 Å². The van der Waals surface area contributed by atoms with Crippen molar-refractivity contribution < 1.29 is 14.2 Å². The molecular formula is C16H23NO3. The van der Waals surface area contributed by atoms with E-state index in [-0.39, 0.29) is 0 Å². The van der Waals surface area contributed by atoms with Crippen LogP contribution in [0, 0.1) is 0 Å². The average molecular weight is 277 g/mol. The van der Waals surface area contributed by atoms with Gasteiger partial charge in [0.1, 0.15) is 0 Å². The number of para-hydroxylation sites is 1. The normalized spacial score (nSPS) is 18.4. The Morgan fingerprint density at radius 3 is 2.95 bits per heavy atom. The summed E-state index contributed by atoms with van der Waals surface area (Å²) in [5.41, 5.74) is 1.15. The van der Waals surface area contributed by atoms with Crippen molar-refractivity contribution in [3.63, 3.8) is 0 Å². The van der Waals surface area contributed by atoms with Gasteiger partial charge in [-0.3, -0.25) is 0 Å². The van der Waals surface area contributed by atoms with Crippen LogP contribution in [-0.2, 0) is 11.3 Å². The number of benzene rings is 1. The number of rotatable bonds is 6. The van der Waals surface area contributed by atoms with Crippen LogP contribution in [0.5, 0.6) is 11.5 Å². The summed E-state index contributed by atoms with van der Waals surface area (Å²) in [7, 11) is 0. The van der Waals surface area contributed by atoms with Gasteiger partial charge in [0.2, 0.25) is 6.79 Å². The lowest BCUT2D eigenvalue weighted by Crippen LogP contribution is -2.24. The molecule has 1 aliphatic carbocycles. The van der Waals surface area contributed by atoms with Gasteiger partial charge in [0.15, 0.2) is 11.5 Å². The number of ether oxygens (including phenoxy) is 3. The summed E-state index contributed by atoms with van der Waals surface area (Å²) in [6.45, 7) is 2.79. The molecule has 110 valence electrons. The summed E-state index contributed by atoms with van der Waals surface area (Å²) in [5, 5.41) is 3.41. The van der Waals surface area contributed by atoms with Crippen LogP contribution in [0.1, 0.15) is 37.7 Å². The molecule has 1 aromatic rings. The molecule has 3 rings (SSSR count). The van der Waals surface area contributed by atoms with Gasteiger partial charge >= 0.3 is 0 Å². The molecule has 1 saturated carbocycles. The van der Waals surface area contributed by atoms with Crippen molar-refractivity contribution in [2.45, 2.75) is 44.8 Å². The maximum Gasteiger partial charge on any atom is 0.231 e. The van der Waals surface area contributed by atoms with Crippen LogP contribution in [0.4, 0.5) is 0 Å². The molecule has 4 heteroatoms. The Labute approximate surface area is 120 Å². The highest BCUT2D eigenvalue weighted by molar-refractivity contribution is 5.48. The van der Waals surface area contributed by atoms with E-state index in [0.29, 0.717) is 12.9 Å². The van der Waals surface area contributed by atoms with Crippen LogP contribution >= 0.6 is 0 Å². The second-order valence-corrected chi connectivity index (χ2v) is 5.46. The third kappa shape index (κ3) is 3.44. The molecule has 0 amide bonds. The zero-order chi connectivity index (χ0) is 13.6. The monoisotopic (exact) mass is 277 g/mol. The SMILES string of the molecule is c1cc(CNCCOC2CCCCC2)c2c(c1)OCO2. The highest BCUT2D eigenvalue weighted by atomic mass is 16.7. The van der Waals surface area contributed by atoms with Crippen LogP contribution in [0.15, 0.2) is 18.2 Å². The first-order chi connectivity index (χ1) is 9.93. The Morgan fingerprint density at radius 1 is 1.15 bits per heavy atom. The summed E-state index contributed by atoms with van der Waals surface area (Å²) in [6.07, 6.45) is 6.98. The predicted octanol–water partition coefficient (Wildman–Crippen LogP) is 2.85. The lowest BCUT2D eigenvalue weighted by Gasteiger charge is -2.22. The molecule has 0 atom stereocenters. The van der Waals surface area contributed by atoms with Gasteiger partial charge in [-0.1, -0.05) is 31.4 Å². The smallest absolute Gasteiger partial charge is 0.231 e. The molecule has 1 N–H and O–H groups in total. The van der Waals surface area contributed by atoms with Crippen molar-refractivity contribution in [3.8, 4) is 11.5 Å². The van der Waals surface area contributed by atoms with E-state index in [4.69, 9.17) is 14.2 Å². The Morgan fingerprint density at radius 2 is 2.05 bits per heavy atom. The first-order valence-electron chi connectivity index (χ1n) is 7.63. The van der Waals surface area contributed by atoms with Crippen molar-refractivity contribution >= 4 is 0 Å². The van der Waals surface area contributed by atoms with Gasteiger partial charge in [-0.25, -0.2) is 0 Å². The molecule has 0 radical (unpaired) electrons. The molecule has 2 aliphatic rings. The van der Waals surface area contributed by atoms with E-state index in [0.717, 1.165) is 36.8 Å². The summed E-state index contributed by atoms with van der Waals surface area (Å²) >= 11 is 0. The lowest BCUT2D eigenvalue weighted by atomic mass is 9.98. The van der Waals surface area contributed by atoms with Crippen LogP contribution in [0.2, 0.25) is 0 Å². The third-order valence-electron chi connectivity index (χ3n) is 3.98. The third-order valence-corrected chi connectivity index (χ3v) is 3.98. The molecule has 4 nitrogen and oxygen atoms in total. The highest BCUT2D eigenvalue weighted by Crippen LogP contribution is 2.35. The second kappa shape index (κ2) is 6.95. The molecule has 1 fully saturated rings.